The van der Waals surface area contributed by atoms with Gasteiger partial charge in [-0.25, -0.2) is 4.98 Å². The summed E-state index contributed by atoms with van der Waals surface area (Å²) in [4.78, 5) is 19.0. The zero-order valence-electron chi connectivity index (χ0n) is 15.6. The van der Waals surface area contributed by atoms with Gasteiger partial charge in [0.15, 0.2) is 0 Å². The van der Waals surface area contributed by atoms with E-state index in [-0.39, 0.29) is 12.1 Å². The van der Waals surface area contributed by atoms with Crippen molar-refractivity contribution >= 4 is 39.1 Å². The smallest absolute Gasteiger partial charge is 0.320 e. The van der Waals surface area contributed by atoms with Crippen LogP contribution >= 0.6 is 11.3 Å². The quantitative estimate of drug-likeness (QED) is 0.499. The molecule has 7 nitrogen and oxygen atoms in total. The molecule has 142 valence electrons. The summed E-state index contributed by atoms with van der Waals surface area (Å²) in [5, 5.41) is 13.2. The summed E-state index contributed by atoms with van der Waals surface area (Å²) in [5.74, 6) is 0.720. The molecule has 4 rings (SSSR count). The number of hydrogen-bond acceptors (Lipinski definition) is 8. The van der Waals surface area contributed by atoms with E-state index < -0.39 is 0 Å². The van der Waals surface area contributed by atoms with Gasteiger partial charge in [0.2, 0.25) is 11.9 Å². The fourth-order valence-corrected chi connectivity index (χ4v) is 3.82. The predicted octanol–water partition coefficient (Wildman–Crippen LogP) is 4.52. The minimum atomic E-state index is -0.315. The lowest BCUT2D eigenvalue weighted by molar-refractivity contribution is 0.428. The maximum absolute atomic E-state index is 10.1. The molecule has 0 spiro atoms. The van der Waals surface area contributed by atoms with Crippen LogP contribution in [0.2, 0.25) is 0 Å². The Morgan fingerprint density at radius 1 is 1.11 bits per heavy atom. The van der Waals surface area contributed by atoms with Crippen LogP contribution in [0, 0.1) is 0 Å². The Labute approximate surface area is 166 Å². The molecule has 0 radical (unpaired) electrons. The molecule has 0 unspecified atom stereocenters. The van der Waals surface area contributed by atoms with Gasteiger partial charge in [-0.2, -0.15) is 15.0 Å². The van der Waals surface area contributed by atoms with Crippen molar-refractivity contribution in [1.82, 2.24) is 19.9 Å². The highest BCUT2D eigenvalue weighted by Crippen LogP contribution is 2.27. The van der Waals surface area contributed by atoms with E-state index in [4.69, 9.17) is 0 Å². The van der Waals surface area contributed by atoms with Crippen molar-refractivity contribution in [2.24, 2.45) is 0 Å². The number of thiazole rings is 1. The number of hydrogen-bond donors (Lipinski definition) is 2. The van der Waals surface area contributed by atoms with Crippen LogP contribution in [0.1, 0.15) is 25.5 Å². The molecule has 0 aliphatic rings. The number of fused-ring (bicyclic) bond motifs is 1. The van der Waals surface area contributed by atoms with Gasteiger partial charge in [0, 0.05) is 12.2 Å². The molecule has 0 saturated heterocycles. The van der Waals surface area contributed by atoms with Crippen LogP contribution < -0.4 is 10.2 Å². The first kappa shape index (κ1) is 18.1. The average molecular weight is 392 g/mol. The monoisotopic (exact) mass is 392 g/mol. The number of aromatic hydroxyl groups is 1. The molecule has 4 aromatic rings. The van der Waals surface area contributed by atoms with Crippen LogP contribution in [0.4, 0.5) is 17.6 Å². The Morgan fingerprint density at radius 2 is 1.93 bits per heavy atom. The zero-order valence-corrected chi connectivity index (χ0v) is 16.4. The molecule has 0 amide bonds. The minimum absolute atomic E-state index is 0.0504. The SMILES string of the molecule is CCN(c1nc(O)nc(Nc2ccc3ncsc3c2)n1)[C@@H](C)c1ccccc1. The highest BCUT2D eigenvalue weighted by Gasteiger charge is 2.19. The van der Waals surface area contributed by atoms with Crippen molar-refractivity contribution in [2.75, 3.05) is 16.8 Å². The minimum Gasteiger partial charge on any atom is -0.479 e. The van der Waals surface area contributed by atoms with Gasteiger partial charge in [-0.1, -0.05) is 30.3 Å². The first-order valence-electron chi connectivity index (χ1n) is 9.01. The van der Waals surface area contributed by atoms with E-state index in [1.807, 2.05) is 53.7 Å². The van der Waals surface area contributed by atoms with Crippen LogP contribution in [0.25, 0.3) is 10.2 Å². The summed E-state index contributed by atoms with van der Waals surface area (Å²) in [5.41, 5.74) is 4.73. The molecule has 2 heterocycles. The Bertz CT molecular complexity index is 1080. The summed E-state index contributed by atoms with van der Waals surface area (Å²) < 4.78 is 1.07. The number of rotatable bonds is 6. The van der Waals surface area contributed by atoms with E-state index in [0.717, 1.165) is 21.5 Å². The second-order valence-electron chi connectivity index (χ2n) is 6.29. The van der Waals surface area contributed by atoms with Crippen LogP contribution in [-0.2, 0) is 0 Å². The third-order valence-corrected chi connectivity index (χ3v) is 5.34. The zero-order chi connectivity index (χ0) is 19.5. The molecular weight excluding hydrogens is 372 g/mol. The van der Waals surface area contributed by atoms with E-state index in [0.29, 0.717) is 18.4 Å². The lowest BCUT2D eigenvalue weighted by Crippen LogP contribution is -2.28. The van der Waals surface area contributed by atoms with Crippen molar-refractivity contribution in [3.05, 3.63) is 59.6 Å². The van der Waals surface area contributed by atoms with Crippen molar-refractivity contribution in [2.45, 2.75) is 19.9 Å². The standard InChI is InChI=1S/C20H20N6OS/c1-3-26(13(2)14-7-5-4-6-8-14)19-23-18(24-20(27)25-19)22-15-9-10-16-17(11-15)28-12-21-16/h4-13H,3H2,1-2H3,(H2,22,23,24,25,27)/t13-/m0/s1. The number of anilines is 3. The molecule has 0 aliphatic heterocycles. The third kappa shape index (κ3) is 3.72. The van der Waals surface area contributed by atoms with Gasteiger partial charge in [0.25, 0.3) is 0 Å². The molecule has 2 aromatic heterocycles. The summed E-state index contributed by atoms with van der Waals surface area (Å²) in [6.07, 6.45) is 0. The largest absolute Gasteiger partial charge is 0.479 e. The molecular formula is C20H20N6OS. The molecule has 0 fully saturated rings. The lowest BCUT2D eigenvalue weighted by Gasteiger charge is -2.28. The summed E-state index contributed by atoms with van der Waals surface area (Å²) >= 11 is 1.57. The third-order valence-electron chi connectivity index (χ3n) is 4.55. The number of nitrogens with zero attached hydrogens (tertiary/aromatic N) is 5. The number of aromatic nitrogens is 4. The van der Waals surface area contributed by atoms with E-state index in [1.165, 1.54) is 0 Å². The van der Waals surface area contributed by atoms with Crippen molar-refractivity contribution < 1.29 is 5.11 Å². The first-order valence-corrected chi connectivity index (χ1v) is 9.89. The van der Waals surface area contributed by atoms with E-state index in [9.17, 15) is 5.11 Å². The van der Waals surface area contributed by atoms with Gasteiger partial charge in [-0.15, -0.1) is 11.3 Å². The lowest BCUT2D eigenvalue weighted by atomic mass is 10.1. The summed E-state index contributed by atoms with van der Waals surface area (Å²) in [6, 6.07) is 15.7. The highest BCUT2D eigenvalue weighted by atomic mass is 32.1. The Morgan fingerprint density at radius 3 is 2.71 bits per heavy atom. The normalized spacial score (nSPS) is 12.1. The molecule has 28 heavy (non-hydrogen) atoms. The van der Waals surface area contributed by atoms with Crippen LogP contribution in [0.5, 0.6) is 6.01 Å². The molecule has 0 aliphatic carbocycles. The second kappa shape index (κ2) is 7.77. The second-order valence-corrected chi connectivity index (χ2v) is 7.18. The molecule has 2 aromatic carbocycles. The maximum atomic E-state index is 10.1. The number of benzene rings is 2. The maximum Gasteiger partial charge on any atom is 0.320 e. The van der Waals surface area contributed by atoms with E-state index in [1.54, 1.807) is 11.3 Å². The molecule has 8 heteroatoms. The van der Waals surface area contributed by atoms with Gasteiger partial charge >= 0.3 is 6.01 Å². The number of nitrogens with one attached hydrogen (secondary N) is 1. The van der Waals surface area contributed by atoms with Gasteiger partial charge in [0.05, 0.1) is 21.8 Å². The van der Waals surface area contributed by atoms with Crippen LogP contribution in [-0.4, -0.2) is 31.6 Å². The van der Waals surface area contributed by atoms with Crippen LogP contribution in [0.3, 0.4) is 0 Å². The summed E-state index contributed by atoms with van der Waals surface area (Å²) in [7, 11) is 0. The molecule has 1 atom stereocenters. The molecule has 0 bridgehead atoms. The van der Waals surface area contributed by atoms with E-state index >= 15 is 0 Å². The fraction of sp³-hybridized carbons (Fsp3) is 0.200. The molecule has 0 saturated carbocycles. The Kier molecular flexibility index (Phi) is 5.03. The highest BCUT2D eigenvalue weighted by molar-refractivity contribution is 7.16. The van der Waals surface area contributed by atoms with Crippen LogP contribution in [0.15, 0.2) is 54.0 Å². The van der Waals surface area contributed by atoms with Crippen molar-refractivity contribution in [3.8, 4) is 6.01 Å². The Hall–Kier alpha value is -3.26. The summed E-state index contributed by atoms with van der Waals surface area (Å²) in [6.45, 7) is 4.81. The van der Waals surface area contributed by atoms with Crippen molar-refractivity contribution in [1.29, 1.82) is 0 Å². The van der Waals surface area contributed by atoms with Gasteiger partial charge < -0.3 is 15.3 Å². The predicted molar refractivity (Wildman–Crippen MR) is 112 cm³/mol. The average Bonchev–Trinajstić information content (AvgIpc) is 3.16. The van der Waals surface area contributed by atoms with Crippen molar-refractivity contribution in [3.63, 3.8) is 0 Å². The van der Waals surface area contributed by atoms with Gasteiger partial charge in [-0.05, 0) is 37.6 Å². The first-order chi connectivity index (χ1) is 13.6. The fourth-order valence-electron chi connectivity index (χ4n) is 3.10. The van der Waals surface area contributed by atoms with E-state index in [2.05, 4.69) is 44.3 Å². The Balaban J connectivity index is 1.63. The van der Waals surface area contributed by atoms with Gasteiger partial charge in [0.1, 0.15) is 0 Å². The topological polar surface area (TPSA) is 87.1 Å². The van der Waals surface area contributed by atoms with Gasteiger partial charge in [-0.3, -0.25) is 0 Å². The molecule has 2 N–H and O–H groups in total.